The normalized spacial score (nSPS) is 12.6. The summed E-state index contributed by atoms with van der Waals surface area (Å²) in [5, 5.41) is 0. The lowest BCUT2D eigenvalue weighted by molar-refractivity contribution is -0.136. The Morgan fingerprint density at radius 2 is 1.75 bits per heavy atom. The van der Waals surface area contributed by atoms with Crippen LogP contribution in [0.2, 0.25) is 0 Å². The molecule has 16 heavy (non-hydrogen) atoms. The maximum absolute atomic E-state index is 10.9. The zero-order chi connectivity index (χ0) is 13.3. The molecular weight excluding hydrogens is 208 g/mol. The van der Waals surface area contributed by atoms with Gasteiger partial charge in [0.05, 0.1) is 7.11 Å². The van der Waals surface area contributed by atoms with Crippen LogP contribution in [-0.2, 0) is 14.3 Å². The second kappa shape index (κ2) is 8.67. The largest absolute Gasteiger partial charge is 0.466 e. The van der Waals surface area contributed by atoms with Crippen LogP contribution >= 0.6 is 0 Å². The smallest absolute Gasteiger partial charge is 0.333 e. The molecule has 0 aliphatic rings. The molecule has 1 unspecified atom stereocenters. The van der Waals surface area contributed by atoms with Crippen LogP contribution in [0.15, 0.2) is 23.8 Å². The minimum Gasteiger partial charge on any atom is -0.466 e. The van der Waals surface area contributed by atoms with Crippen LogP contribution in [0.3, 0.4) is 0 Å². The molecule has 5 nitrogen and oxygen atoms in total. The highest BCUT2D eigenvalue weighted by Crippen LogP contribution is 2.07. The van der Waals surface area contributed by atoms with Crippen LogP contribution in [0.5, 0.6) is 0 Å². The molecule has 0 aromatic carbocycles. The first-order chi connectivity index (χ1) is 7.27. The van der Waals surface area contributed by atoms with Crippen molar-refractivity contribution in [3.8, 4) is 0 Å². The van der Waals surface area contributed by atoms with Gasteiger partial charge in [0.15, 0.2) is 0 Å². The highest BCUT2D eigenvalue weighted by Gasteiger charge is 2.09. The van der Waals surface area contributed by atoms with E-state index in [4.69, 9.17) is 5.73 Å². The summed E-state index contributed by atoms with van der Waals surface area (Å²) < 4.78 is 4.53. The van der Waals surface area contributed by atoms with E-state index >= 15 is 0 Å². The third-order valence-corrected chi connectivity index (χ3v) is 1.97. The molecule has 0 radical (unpaired) electrons. The Kier molecular flexibility index (Phi) is 9.10. The van der Waals surface area contributed by atoms with Gasteiger partial charge in [0, 0.05) is 11.6 Å². The number of carbonyl (C=O) groups is 2. The van der Waals surface area contributed by atoms with Crippen LogP contribution in [0.1, 0.15) is 20.8 Å². The fraction of sp³-hybridized carbons (Fsp3) is 0.455. The standard InChI is InChI=1S/C8H15NO2.C3H5NO/c1-5(7(3)9)6(2)8(10)11-4;1-2-3(4)5/h7H,9H2,1-4H3;2H,1H2,(H2,4,5). The van der Waals surface area contributed by atoms with E-state index < -0.39 is 5.91 Å². The molecule has 0 heterocycles. The Morgan fingerprint density at radius 3 is 1.94 bits per heavy atom. The van der Waals surface area contributed by atoms with E-state index in [-0.39, 0.29) is 12.0 Å². The quantitative estimate of drug-likeness (QED) is 0.543. The lowest BCUT2D eigenvalue weighted by Crippen LogP contribution is -2.19. The molecule has 0 saturated carbocycles. The molecule has 0 aliphatic carbocycles. The van der Waals surface area contributed by atoms with Gasteiger partial charge in [-0.2, -0.15) is 0 Å². The molecule has 1 atom stereocenters. The molecular formula is C11H20N2O3. The summed E-state index contributed by atoms with van der Waals surface area (Å²) >= 11 is 0. The summed E-state index contributed by atoms with van der Waals surface area (Å²) in [7, 11) is 1.36. The Bertz CT molecular complexity index is 294. The second-order valence-electron chi connectivity index (χ2n) is 3.19. The Labute approximate surface area is 96.1 Å². The van der Waals surface area contributed by atoms with Gasteiger partial charge in [-0.1, -0.05) is 6.58 Å². The summed E-state index contributed by atoms with van der Waals surface area (Å²) in [6.45, 7) is 8.46. The van der Waals surface area contributed by atoms with Gasteiger partial charge in [0.25, 0.3) is 0 Å². The van der Waals surface area contributed by atoms with Crippen molar-refractivity contribution in [3.63, 3.8) is 0 Å². The predicted octanol–water partition coefficient (Wildman–Crippen LogP) is 0.501. The summed E-state index contributed by atoms with van der Waals surface area (Å²) in [6, 6.07) is -0.0888. The first-order valence-electron chi connectivity index (χ1n) is 4.71. The van der Waals surface area contributed by atoms with Crippen LogP contribution in [0.4, 0.5) is 0 Å². The molecule has 0 bridgehead atoms. The monoisotopic (exact) mass is 228 g/mol. The lowest BCUT2D eigenvalue weighted by Gasteiger charge is -2.08. The predicted molar refractivity (Wildman–Crippen MR) is 63.4 cm³/mol. The Balaban J connectivity index is 0. The van der Waals surface area contributed by atoms with E-state index in [1.807, 2.05) is 13.8 Å². The minimum atomic E-state index is -0.481. The van der Waals surface area contributed by atoms with Crippen molar-refractivity contribution >= 4 is 11.9 Å². The van der Waals surface area contributed by atoms with Crippen molar-refractivity contribution in [2.75, 3.05) is 7.11 Å². The molecule has 0 rings (SSSR count). The molecule has 5 heteroatoms. The molecule has 0 spiro atoms. The van der Waals surface area contributed by atoms with Gasteiger partial charge in [-0.05, 0) is 32.4 Å². The molecule has 1 amide bonds. The Morgan fingerprint density at radius 1 is 1.38 bits per heavy atom. The van der Waals surface area contributed by atoms with Crippen LogP contribution < -0.4 is 11.5 Å². The van der Waals surface area contributed by atoms with Crippen molar-refractivity contribution in [2.45, 2.75) is 26.8 Å². The molecule has 0 fully saturated rings. The van der Waals surface area contributed by atoms with E-state index in [9.17, 15) is 9.59 Å². The summed E-state index contributed by atoms with van der Waals surface area (Å²) in [5.74, 6) is -0.787. The van der Waals surface area contributed by atoms with Crippen molar-refractivity contribution < 1.29 is 14.3 Å². The van der Waals surface area contributed by atoms with E-state index in [1.165, 1.54) is 7.11 Å². The average Bonchev–Trinajstić information content (AvgIpc) is 2.26. The molecule has 92 valence electrons. The highest BCUT2D eigenvalue weighted by atomic mass is 16.5. The number of hydrogen-bond donors (Lipinski definition) is 2. The zero-order valence-electron chi connectivity index (χ0n) is 10.2. The number of rotatable bonds is 3. The van der Waals surface area contributed by atoms with Crippen LogP contribution in [-0.4, -0.2) is 25.0 Å². The van der Waals surface area contributed by atoms with E-state index in [1.54, 1.807) is 6.92 Å². The summed E-state index contributed by atoms with van der Waals surface area (Å²) in [6.07, 6.45) is 1.06. The van der Waals surface area contributed by atoms with Crippen LogP contribution in [0.25, 0.3) is 0 Å². The van der Waals surface area contributed by atoms with Gasteiger partial charge >= 0.3 is 5.97 Å². The molecule has 4 N–H and O–H groups in total. The number of methoxy groups -OCH3 is 1. The molecule has 0 saturated heterocycles. The number of amides is 1. The van der Waals surface area contributed by atoms with Crippen LogP contribution in [0, 0.1) is 0 Å². The van der Waals surface area contributed by atoms with Gasteiger partial charge in [-0.15, -0.1) is 0 Å². The number of carbonyl (C=O) groups excluding carboxylic acids is 2. The van der Waals surface area contributed by atoms with Gasteiger partial charge in [0.2, 0.25) is 5.91 Å². The fourth-order valence-corrected chi connectivity index (χ4v) is 0.656. The molecule has 0 aromatic heterocycles. The van der Waals surface area contributed by atoms with Gasteiger partial charge in [-0.3, -0.25) is 4.79 Å². The van der Waals surface area contributed by atoms with Crippen molar-refractivity contribution in [2.24, 2.45) is 11.5 Å². The maximum atomic E-state index is 10.9. The first kappa shape index (κ1) is 16.8. The SMILES string of the molecule is C=CC(N)=O.COC(=O)C(C)=C(C)C(C)N. The first-order valence-corrected chi connectivity index (χ1v) is 4.71. The maximum Gasteiger partial charge on any atom is 0.333 e. The van der Waals surface area contributed by atoms with E-state index in [2.05, 4.69) is 17.0 Å². The highest BCUT2D eigenvalue weighted by molar-refractivity contribution is 5.88. The topological polar surface area (TPSA) is 95.4 Å². The second-order valence-corrected chi connectivity index (χ2v) is 3.19. The number of hydrogen-bond acceptors (Lipinski definition) is 4. The lowest BCUT2D eigenvalue weighted by atomic mass is 10.1. The number of primary amides is 1. The third kappa shape index (κ3) is 7.75. The third-order valence-electron chi connectivity index (χ3n) is 1.97. The number of nitrogens with two attached hydrogens (primary N) is 2. The van der Waals surface area contributed by atoms with Crippen molar-refractivity contribution in [1.29, 1.82) is 0 Å². The van der Waals surface area contributed by atoms with E-state index in [0.29, 0.717) is 5.57 Å². The molecule has 0 aliphatic heterocycles. The number of ether oxygens (including phenoxy) is 1. The number of esters is 1. The zero-order valence-corrected chi connectivity index (χ0v) is 10.2. The Hall–Kier alpha value is -1.62. The van der Waals surface area contributed by atoms with Gasteiger partial charge < -0.3 is 16.2 Å². The van der Waals surface area contributed by atoms with E-state index in [0.717, 1.165) is 11.6 Å². The average molecular weight is 228 g/mol. The molecule has 0 aromatic rings. The van der Waals surface area contributed by atoms with Crippen molar-refractivity contribution in [1.82, 2.24) is 0 Å². The van der Waals surface area contributed by atoms with Crippen molar-refractivity contribution in [3.05, 3.63) is 23.8 Å². The summed E-state index contributed by atoms with van der Waals surface area (Å²) in [5.41, 5.74) is 11.6. The van der Waals surface area contributed by atoms with Gasteiger partial charge in [-0.25, -0.2) is 4.79 Å². The fourth-order valence-electron chi connectivity index (χ4n) is 0.656. The minimum absolute atomic E-state index is 0.0888. The van der Waals surface area contributed by atoms with Gasteiger partial charge in [0.1, 0.15) is 0 Å². The summed E-state index contributed by atoms with van der Waals surface area (Å²) in [4.78, 5) is 20.4.